The zero-order valence-corrected chi connectivity index (χ0v) is 11.3. The summed E-state index contributed by atoms with van der Waals surface area (Å²) < 4.78 is 39.6. The molecule has 0 bridgehead atoms. The molecular formula is C13H10FN3O2S. The first-order valence-electron chi connectivity index (χ1n) is 5.58. The number of nitrogens with zero attached hydrogens (tertiary/aromatic N) is 2. The maximum Gasteiger partial charge on any atom is 0.263 e. The third kappa shape index (κ3) is 2.92. The first-order chi connectivity index (χ1) is 9.42. The molecule has 0 aliphatic rings. The molecule has 20 heavy (non-hydrogen) atoms. The van der Waals surface area contributed by atoms with Crippen LogP contribution in [0.3, 0.4) is 0 Å². The van der Waals surface area contributed by atoms with Crippen LogP contribution in [0.5, 0.6) is 0 Å². The molecule has 0 saturated heterocycles. The topological polar surface area (TPSA) is 82.8 Å². The van der Waals surface area contributed by atoms with Gasteiger partial charge in [-0.1, -0.05) is 12.1 Å². The average Bonchev–Trinajstić information content (AvgIpc) is 2.38. The molecule has 2 rings (SSSR count). The molecule has 7 heteroatoms. The van der Waals surface area contributed by atoms with Crippen molar-refractivity contribution in [2.45, 2.75) is 11.8 Å². The largest absolute Gasteiger partial charge is 0.263 e. The van der Waals surface area contributed by atoms with E-state index in [9.17, 15) is 12.8 Å². The van der Waals surface area contributed by atoms with E-state index >= 15 is 0 Å². The molecule has 0 aliphatic carbocycles. The smallest absolute Gasteiger partial charge is 0.263 e. The molecule has 0 radical (unpaired) electrons. The molecule has 1 N–H and O–H groups in total. The fourth-order valence-corrected chi connectivity index (χ4v) is 2.89. The van der Waals surface area contributed by atoms with Crippen LogP contribution < -0.4 is 4.72 Å². The molecule has 0 saturated carbocycles. The molecule has 2 aromatic rings. The number of pyridine rings is 1. The quantitative estimate of drug-likeness (QED) is 0.879. The van der Waals surface area contributed by atoms with Crippen LogP contribution in [0.25, 0.3) is 0 Å². The van der Waals surface area contributed by atoms with Crippen molar-refractivity contribution in [3.05, 3.63) is 53.5 Å². The molecule has 1 aromatic heterocycles. The molecule has 0 atom stereocenters. The number of hydrogen-bond donors (Lipinski definition) is 1. The number of sulfonamides is 1. The van der Waals surface area contributed by atoms with E-state index in [4.69, 9.17) is 5.26 Å². The minimum atomic E-state index is -3.92. The van der Waals surface area contributed by atoms with E-state index < -0.39 is 16.0 Å². The van der Waals surface area contributed by atoms with Gasteiger partial charge in [0.1, 0.15) is 5.82 Å². The Kier molecular flexibility index (Phi) is 3.68. The number of halogens is 1. The van der Waals surface area contributed by atoms with E-state index in [1.807, 2.05) is 6.07 Å². The first-order valence-corrected chi connectivity index (χ1v) is 7.07. The molecule has 0 fully saturated rings. The molecule has 0 unspecified atom stereocenters. The SMILES string of the molecule is Cc1ccc(C#N)cc1S(=O)(=O)Nc1cccc(F)n1. The van der Waals surface area contributed by atoms with Gasteiger partial charge in [0.2, 0.25) is 5.95 Å². The van der Waals surface area contributed by atoms with Gasteiger partial charge in [0.25, 0.3) is 10.0 Å². The highest BCUT2D eigenvalue weighted by Gasteiger charge is 2.18. The van der Waals surface area contributed by atoms with Gasteiger partial charge in [0.05, 0.1) is 16.5 Å². The van der Waals surface area contributed by atoms with Crippen molar-refractivity contribution < 1.29 is 12.8 Å². The minimum absolute atomic E-state index is 0.0392. The van der Waals surface area contributed by atoms with Gasteiger partial charge in [0, 0.05) is 0 Å². The Bertz CT molecular complexity index is 798. The molecule has 0 spiro atoms. The van der Waals surface area contributed by atoms with Gasteiger partial charge in [-0.2, -0.15) is 9.65 Å². The second-order valence-corrected chi connectivity index (χ2v) is 5.69. The second kappa shape index (κ2) is 5.27. The van der Waals surface area contributed by atoms with E-state index in [1.54, 1.807) is 6.92 Å². The lowest BCUT2D eigenvalue weighted by Crippen LogP contribution is -2.15. The molecule has 1 heterocycles. The Balaban J connectivity index is 2.43. The third-order valence-electron chi connectivity index (χ3n) is 2.56. The van der Waals surface area contributed by atoms with E-state index in [1.165, 1.54) is 30.3 Å². The predicted molar refractivity (Wildman–Crippen MR) is 70.9 cm³/mol. The molecule has 0 amide bonds. The monoisotopic (exact) mass is 291 g/mol. The Morgan fingerprint density at radius 3 is 2.70 bits per heavy atom. The Morgan fingerprint density at radius 1 is 1.30 bits per heavy atom. The molecule has 0 aliphatic heterocycles. The highest BCUT2D eigenvalue weighted by atomic mass is 32.2. The Hall–Kier alpha value is -2.46. The van der Waals surface area contributed by atoms with E-state index in [0.717, 1.165) is 6.07 Å². The number of aromatic nitrogens is 1. The number of nitriles is 1. The van der Waals surface area contributed by atoms with Crippen molar-refractivity contribution in [1.29, 1.82) is 5.26 Å². The Labute approximate surface area is 115 Å². The predicted octanol–water partition coefficient (Wildman–Crippen LogP) is 2.20. The highest BCUT2D eigenvalue weighted by Crippen LogP contribution is 2.19. The van der Waals surface area contributed by atoms with Gasteiger partial charge in [0.15, 0.2) is 0 Å². The van der Waals surface area contributed by atoms with E-state index in [2.05, 4.69) is 9.71 Å². The van der Waals surface area contributed by atoms with Crippen LogP contribution in [-0.2, 0) is 10.0 Å². The fraction of sp³-hybridized carbons (Fsp3) is 0.0769. The first kappa shape index (κ1) is 14.0. The number of anilines is 1. The van der Waals surface area contributed by atoms with Crippen LogP contribution in [0.15, 0.2) is 41.3 Å². The van der Waals surface area contributed by atoms with Crippen molar-refractivity contribution in [3.8, 4) is 6.07 Å². The summed E-state index contributed by atoms with van der Waals surface area (Å²) in [5.41, 5.74) is 0.705. The van der Waals surface area contributed by atoms with Crippen LogP contribution in [0.4, 0.5) is 10.2 Å². The van der Waals surface area contributed by atoms with Crippen LogP contribution in [-0.4, -0.2) is 13.4 Å². The maximum absolute atomic E-state index is 13.0. The van der Waals surface area contributed by atoms with Gasteiger partial charge in [-0.15, -0.1) is 0 Å². The summed E-state index contributed by atoms with van der Waals surface area (Å²) in [5, 5.41) is 8.82. The highest BCUT2D eigenvalue weighted by molar-refractivity contribution is 7.92. The minimum Gasteiger partial charge on any atom is -0.263 e. The average molecular weight is 291 g/mol. The maximum atomic E-state index is 13.0. The standard InChI is InChI=1S/C13H10FN3O2S/c1-9-5-6-10(8-15)7-11(9)20(18,19)17-13-4-2-3-12(14)16-13/h2-7H,1H3,(H,16,17). The summed E-state index contributed by atoms with van der Waals surface area (Å²) >= 11 is 0. The lowest BCUT2D eigenvalue weighted by molar-refractivity contribution is 0.584. The second-order valence-electron chi connectivity index (χ2n) is 4.04. The van der Waals surface area contributed by atoms with Gasteiger partial charge < -0.3 is 0 Å². The summed E-state index contributed by atoms with van der Waals surface area (Å²) in [4.78, 5) is 3.39. The summed E-state index contributed by atoms with van der Waals surface area (Å²) in [6, 6.07) is 9.98. The molecular weight excluding hydrogens is 281 g/mol. The normalized spacial score (nSPS) is 10.8. The van der Waals surface area contributed by atoms with E-state index in [-0.39, 0.29) is 16.3 Å². The number of nitrogens with one attached hydrogen (secondary N) is 1. The zero-order valence-electron chi connectivity index (χ0n) is 10.5. The summed E-state index contributed by atoms with van der Waals surface area (Å²) in [6.07, 6.45) is 0. The van der Waals surface area contributed by atoms with Crippen molar-refractivity contribution in [3.63, 3.8) is 0 Å². The number of rotatable bonds is 3. The van der Waals surface area contributed by atoms with Crippen molar-refractivity contribution in [2.24, 2.45) is 0 Å². The lowest BCUT2D eigenvalue weighted by Gasteiger charge is -2.09. The number of benzene rings is 1. The van der Waals surface area contributed by atoms with Crippen molar-refractivity contribution in [2.75, 3.05) is 4.72 Å². The van der Waals surface area contributed by atoms with E-state index in [0.29, 0.717) is 5.56 Å². The van der Waals surface area contributed by atoms with Crippen LogP contribution in [0.2, 0.25) is 0 Å². The zero-order chi connectivity index (χ0) is 14.8. The fourth-order valence-electron chi connectivity index (χ4n) is 1.62. The lowest BCUT2D eigenvalue weighted by atomic mass is 10.2. The van der Waals surface area contributed by atoms with Crippen molar-refractivity contribution in [1.82, 2.24) is 4.98 Å². The number of hydrogen-bond acceptors (Lipinski definition) is 4. The molecule has 102 valence electrons. The molecule has 5 nitrogen and oxygen atoms in total. The van der Waals surface area contributed by atoms with Crippen LogP contribution in [0, 0.1) is 24.2 Å². The van der Waals surface area contributed by atoms with Gasteiger partial charge >= 0.3 is 0 Å². The Morgan fingerprint density at radius 2 is 2.05 bits per heavy atom. The van der Waals surface area contributed by atoms with Crippen LogP contribution >= 0.6 is 0 Å². The third-order valence-corrected chi connectivity index (χ3v) is 4.06. The summed E-state index contributed by atoms with van der Waals surface area (Å²) in [5.74, 6) is -0.903. The number of aryl methyl sites for hydroxylation is 1. The van der Waals surface area contributed by atoms with Gasteiger partial charge in [-0.05, 0) is 36.8 Å². The van der Waals surface area contributed by atoms with Crippen molar-refractivity contribution >= 4 is 15.8 Å². The van der Waals surface area contributed by atoms with Gasteiger partial charge in [-0.3, -0.25) is 4.72 Å². The van der Waals surface area contributed by atoms with Crippen LogP contribution in [0.1, 0.15) is 11.1 Å². The molecule has 1 aromatic carbocycles. The van der Waals surface area contributed by atoms with Gasteiger partial charge in [-0.25, -0.2) is 13.4 Å². The summed E-state index contributed by atoms with van der Waals surface area (Å²) in [6.45, 7) is 1.61. The summed E-state index contributed by atoms with van der Waals surface area (Å²) in [7, 11) is -3.92.